The normalized spacial score (nSPS) is 11.2. The van der Waals surface area contributed by atoms with Crippen molar-refractivity contribution in [2.75, 3.05) is 20.2 Å². The molecular weight excluding hydrogens is 506 g/mol. The van der Waals surface area contributed by atoms with Gasteiger partial charge in [-0.3, -0.25) is 0 Å². The summed E-state index contributed by atoms with van der Waals surface area (Å²) in [6.45, 7) is 11.4. The largest absolute Gasteiger partial charge is 0.465 e. The molecule has 0 aliphatic rings. The molecule has 5 nitrogen and oxygen atoms in total. The maximum Gasteiger partial charge on any atom is 0.415 e. The number of nitrogens with zero attached hydrogens (tertiary/aromatic N) is 1. The van der Waals surface area contributed by atoms with Gasteiger partial charge in [-0.25, -0.2) is 9.59 Å². The molecule has 0 unspecified atom stereocenters. The minimum Gasteiger partial charge on any atom is -0.465 e. The zero-order valence-corrected chi connectivity index (χ0v) is 22.7. The second kappa shape index (κ2) is 11.1. The number of methoxy groups -OCH3 is 1. The van der Waals surface area contributed by atoms with E-state index < -0.39 is 12.1 Å². The van der Waals surface area contributed by atoms with Crippen molar-refractivity contribution in [2.24, 2.45) is 0 Å². The van der Waals surface area contributed by atoms with Crippen LogP contribution in [-0.2, 0) is 10.2 Å². The summed E-state index contributed by atoms with van der Waals surface area (Å²) >= 11 is 3.51. The van der Waals surface area contributed by atoms with E-state index in [-0.39, 0.29) is 5.41 Å². The zero-order chi connectivity index (χ0) is 25.8. The number of rotatable bonds is 6. The third-order valence-electron chi connectivity index (χ3n) is 5.94. The summed E-state index contributed by atoms with van der Waals surface area (Å²) in [6, 6.07) is 19.3. The van der Waals surface area contributed by atoms with Crippen molar-refractivity contribution in [1.29, 1.82) is 0 Å². The Hall–Kier alpha value is -3.12. The molecule has 0 radical (unpaired) electrons. The summed E-state index contributed by atoms with van der Waals surface area (Å²) < 4.78 is 11.9. The third-order valence-corrected chi connectivity index (χ3v) is 6.47. The number of halogens is 1. The maximum absolute atomic E-state index is 13.1. The molecule has 1 amide bonds. The summed E-state index contributed by atoms with van der Waals surface area (Å²) in [7, 11) is 1.36. The zero-order valence-electron chi connectivity index (χ0n) is 21.1. The molecule has 3 aromatic rings. The Labute approximate surface area is 216 Å². The van der Waals surface area contributed by atoms with E-state index >= 15 is 0 Å². The van der Waals surface area contributed by atoms with Crippen LogP contribution in [0.3, 0.4) is 0 Å². The Morgan fingerprint density at radius 2 is 1.34 bits per heavy atom. The molecule has 0 aliphatic heterocycles. The summed E-state index contributed by atoms with van der Waals surface area (Å²) in [5.74, 6) is 0.0896. The minimum atomic E-state index is -0.399. The van der Waals surface area contributed by atoms with E-state index in [2.05, 4.69) is 48.8 Å². The SMILES string of the molecule is CCN(CC)C(=O)Oc1c(-c2ccc(Br)cc2)cc(C(C)(C)C)cc1-c1ccc(C(=O)OC)cc1. The van der Waals surface area contributed by atoms with Gasteiger partial charge in [0.2, 0.25) is 0 Å². The molecule has 0 atom stereocenters. The lowest BCUT2D eigenvalue weighted by atomic mass is 9.82. The highest BCUT2D eigenvalue weighted by molar-refractivity contribution is 9.10. The van der Waals surface area contributed by atoms with Crippen molar-refractivity contribution < 1.29 is 19.1 Å². The molecule has 0 heterocycles. The van der Waals surface area contributed by atoms with Gasteiger partial charge in [-0.1, -0.05) is 61.0 Å². The van der Waals surface area contributed by atoms with Gasteiger partial charge in [0.1, 0.15) is 5.75 Å². The van der Waals surface area contributed by atoms with Gasteiger partial charge in [-0.2, -0.15) is 0 Å². The van der Waals surface area contributed by atoms with E-state index in [1.165, 1.54) is 7.11 Å². The van der Waals surface area contributed by atoms with Gasteiger partial charge in [0.05, 0.1) is 12.7 Å². The third kappa shape index (κ3) is 6.12. The first-order valence-corrected chi connectivity index (χ1v) is 12.5. The average molecular weight is 538 g/mol. The molecule has 0 aromatic heterocycles. The fourth-order valence-corrected chi connectivity index (χ4v) is 4.03. The van der Waals surface area contributed by atoms with Crippen LogP contribution >= 0.6 is 15.9 Å². The molecule has 0 bridgehead atoms. The molecule has 0 fully saturated rings. The Morgan fingerprint density at radius 1 is 0.857 bits per heavy atom. The van der Waals surface area contributed by atoms with E-state index in [1.54, 1.807) is 17.0 Å². The number of benzene rings is 3. The molecule has 0 saturated heterocycles. The molecule has 3 rings (SSSR count). The van der Waals surface area contributed by atoms with Gasteiger partial charge >= 0.3 is 12.1 Å². The van der Waals surface area contributed by atoms with Crippen LogP contribution in [0.25, 0.3) is 22.3 Å². The average Bonchev–Trinajstić information content (AvgIpc) is 2.84. The molecular formula is C29H32BrNO4. The quantitative estimate of drug-likeness (QED) is 0.302. The van der Waals surface area contributed by atoms with E-state index in [0.29, 0.717) is 24.4 Å². The number of esters is 1. The van der Waals surface area contributed by atoms with Gasteiger partial charge < -0.3 is 14.4 Å². The molecule has 184 valence electrons. The smallest absolute Gasteiger partial charge is 0.415 e. The summed E-state index contributed by atoms with van der Waals surface area (Å²) in [4.78, 5) is 26.7. The number of hydrogen-bond acceptors (Lipinski definition) is 4. The lowest BCUT2D eigenvalue weighted by Gasteiger charge is -2.25. The van der Waals surface area contributed by atoms with E-state index in [4.69, 9.17) is 9.47 Å². The first-order chi connectivity index (χ1) is 16.6. The van der Waals surface area contributed by atoms with E-state index in [1.807, 2.05) is 50.2 Å². The predicted molar refractivity (Wildman–Crippen MR) is 144 cm³/mol. The number of amides is 1. The fraction of sp³-hybridized carbons (Fsp3) is 0.310. The van der Waals surface area contributed by atoms with Crippen molar-refractivity contribution in [3.8, 4) is 28.0 Å². The lowest BCUT2D eigenvalue weighted by molar-refractivity contribution is 0.0600. The fourth-order valence-electron chi connectivity index (χ4n) is 3.77. The Balaban J connectivity index is 2.29. The van der Waals surface area contributed by atoms with Crippen LogP contribution in [-0.4, -0.2) is 37.2 Å². The van der Waals surface area contributed by atoms with Crippen LogP contribution in [0.4, 0.5) is 4.79 Å². The predicted octanol–water partition coefficient (Wildman–Crippen LogP) is 7.71. The van der Waals surface area contributed by atoms with Crippen LogP contribution in [0.15, 0.2) is 65.1 Å². The van der Waals surface area contributed by atoms with E-state index in [9.17, 15) is 9.59 Å². The lowest BCUT2D eigenvalue weighted by Crippen LogP contribution is -2.33. The summed E-state index contributed by atoms with van der Waals surface area (Å²) in [5.41, 5.74) is 4.80. The molecule has 0 spiro atoms. The van der Waals surface area contributed by atoms with Crippen LogP contribution in [0, 0.1) is 0 Å². The molecule has 0 saturated carbocycles. The Kier molecular flexibility index (Phi) is 8.39. The second-order valence-corrected chi connectivity index (χ2v) is 10.2. The Bertz CT molecular complexity index is 1190. The molecule has 0 N–H and O–H groups in total. The van der Waals surface area contributed by atoms with Gasteiger partial charge in [0, 0.05) is 28.7 Å². The van der Waals surface area contributed by atoms with Crippen molar-refractivity contribution in [3.63, 3.8) is 0 Å². The summed E-state index contributed by atoms with van der Waals surface area (Å²) in [5, 5.41) is 0. The topological polar surface area (TPSA) is 55.8 Å². The van der Waals surface area contributed by atoms with Crippen LogP contribution in [0.1, 0.15) is 50.5 Å². The van der Waals surface area contributed by atoms with Crippen molar-refractivity contribution in [1.82, 2.24) is 4.90 Å². The highest BCUT2D eigenvalue weighted by atomic mass is 79.9. The van der Waals surface area contributed by atoms with Gasteiger partial charge in [0.25, 0.3) is 0 Å². The maximum atomic E-state index is 13.1. The van der Waals surface area contributed by atoms with Crippen molar-refractivity contribution in [2.45, 2.75) is 40.0 Å². The van der Waals surface area contributed by atoms with Gasteiger partial charge in [-0.05, 0) is 72.4 Å². The monoisotopic (exact) mass is 537 g/mol. The molecule has 0 aliphatic carbocycles. The van der Waals surface area contributed by atoms with Crippen LogP contribution < -0.4 is 4.74 Å². The standard InChI is InChI=1S/C29H32BrNO4/c1-7-31(8-2)28(33)35-26-24(19-9-11-21(12-10-19)27(32)34-6)17-22(29(3,4)5)18-25(26)20-13-15-23(30)16-14-20/h9-18H,7-8H2,1-6H3. The van der Waals surface area contributed by atoms with Crippen LogP contribution in [0.5, 0.6) is 5.75 Å². The number of carbonyl (C=O) groups excluding carboxylic acids is 2. The highest BCUT2D eigenvalue weighted by Crippen LogP contribution is 2.43. The van der Waals surface area contributed by atoms with Crippen LogP contribution in [0.2, 0.25) is 0 Å². The molecule has 35 heavy (non-hydrogen) atoms. The number of hydrogen-bond donors (Lipinski definition) is 0. The highest BCUT2D eigenvalue weighted by Gasteiger charge is 2.24. The van der Waals surface area contributed by atoms with Crippen molar-refractivity contribution in [3.05, 3.63) is 76.3 Å². The van der Waals surface area contributed by atoms with E-state index in [0.717, 1.165) is 32.3 Å². The number of ether oxygens (including phenoxy) is 2. The second-order valence-electron chi connectivity index (χ2n) is 9.27. The van der Waals surface area contributed by atoms with Gasteiger partial charge in [-0.15, -0.1) is 0 Å². The molecule has 3 aromatic carbocycles. The van der Waals surface area contributed by atoms with Crippen molar-refractivity contribution >= 4 is 28.0 Å². The first kappa shape index (κ1) is 26.5. The molecule has 6 heteroatoms. The Morgan fingerprint density at radius 3 is 1.77 bits per heavy atom. The minimum absolute atomic E-state index is 0.147. The number of carbonyl (C=O) groups is 2. The summed E-state index contributed by atoms with van der Waals surface area (Å²) in [6.07, 6.45) is -0.399. The first-order valence-electron chi connectivity index (χ1n) is 11.7. The van der Waals surface area contributed by atoms with Gasteiger partial charge in [0.15, 0.2) is 0 Å².